The highest BCUT2D eigenvalue weighted by Gasteiger charge is 2.29. The summed E-state index contributed by atoms with van der Waals surface area (Å²) >= 11 is 0. The Hall–Kier alpha value is -2.76. The zero-order valence-electron chi connectivity index (χ0n) is 17.7. The van der Waals surface area contributed by atoms with Crippen LogP contribution in [0.5, 0.6) is 0 Å². The summed E-state index contributed by atoms with van der Waals surface area (Å²) in [6.07, 6.45) is 4.52. The molecule has 4 rings (SSSR count). The van der Waals surface area contributed by atoms with Gasteiger partial charge in [0.05, 0.1) is 24.2 Å². The van der Waals surface area contributed by atoms with Gasteiger partial charge in [-0.05, 0) is 49.8 Å². The molecule has 0 bridgehead atoms. The van der Waals surface area contributed by atoms with Crippen molar-refractivity contribution in [3.8, 4) is 6.07 Å². The van der Waals surface area contributed by atoms with Gasteiger partial charge in [0.1, 0.15) is 0 Å². The van der Waals surface area contributed by atoms with Crippen molar-refractivity contribution in [1.82, 2.24) is 15.0 Å². The SMILES string of the molecule is N#Cc1cccc(C(=O)N2CCCC(c3nc(CCOCC4CCOCC4)no3)C2)c1. The smallest absolute Gasteiger partial charge is 0.253 e. The number of hydrogen-bond donors (Lipinski definition) is 0. The van der Waals surface area contributed by atoms with E-state index in [9.17, 15) is 4.79 Å². The summed E-state index contributed by atoms with van der Waals surface area (Å²) < 4.78 is 16.7. The molecule has 0 aliphatic carbocycles. The number of nitriles is 1. The van der Waals surface area contributed by atoms with Crippen LogP contribution in [-0.4, -0.2) is 60.5 Å². The van der Waals surface area contributed by atoms with Gasteiger partial charge in [-0.25, -0.2) is 0 Å². The van der Waals surface area contributed by atoms with Crippen molar-refractivity contribution in [3.63, 3.8) is 0 Å². The van der Waals surface area contributed by atoms with Gasteiger partial charge in [-0.3, -0.25) is 4.79 Å². The summed E-state index contributed by atoms with van der Waals surface area (Å²) in [6, 6.07) is 8.90. The van der Waals surface area contributed by atoms with Gasteiger partial charge in [0.15, 0.2) is 5.82 Å². The van der Waals surface area contributed by atoms with E-state index in [1.807, 2.05) is 4.90 Å². The van der Waals surface area contributed by atoms with Crippen molar-refractivity contribution in [3.05, 3.63) is 47.1 Å². The molecule has 31 heavy (non-hydrogen) atoms. The van der Waals surface area contributed by atoms with Gasteiger partial charge < -0.3 is 18.9 Å². The lowest BCUT2D eigenvalue weighted by atomic mass is 9.97. The number of nitrogens with zero attached hydrogens (tertiary/aromatic N) is 4. The zero-order chi connectivity index (χ0) is 21.5. The number of piperidine rings is 1. The number of likely N-dealkylation sites (tertiary alicyclic amines) is 1. The summed E-state index contributed by atoms with van der Waals surface area (Å²) in [7, 11) is 0. The number of carbonyl (C=O) groups is 1. The Kier molecular flexibility index (Phi) is 7.28. The molecule has 164 valence electrons. The average molecular weight is 425 g/mol. The van der Waals surface area contributed by atoms with E-state index in [2.05, 4.69) is 16.2 Å². The summed E-state index contributed by atoms with van der Waals surface area (Å²) in [5.74, 6) is 1.77. The summed E-state index contributed by atoms with van der Waals surface area (Å²) in [5, 5.41) is 13.2. The molecule has 1 aromatic carbocycles. The number of hydrogen-bond acceptors (Lipinski definition) is 7. The summed E-state index contributed by atoms with van der Waals surface area (Å²) in [5.41, 5.74) is 1.02. The van der Waals surface area contributed by atoms with E-state index >= 15 is 0 Å². The predicted molar refractivity (Wildman–Crippen MR) is 111 cm³/mol. The van der Waals surface area contributed by atoms with Gasteiger partial charge in [0.25, 0.3) is 5.91 Å². The number of benzene rings is 1. The fourth-order valence-electron chi connectivity index (χ4n) is 4.13. The standard InChI is InChI=1S/C23H28N4O4/c24-14-18-3-1-4-19(13-18)23(28)27-9-2-5-20(15-27)22-25-21(26-31-22)8-12-30-16-17-6-10-29-11-7-17/h1,3-4,13,17,20H,2,5-12,15-16H2. The second-order valence-corrected chi connectivity index (χ2v) is 8.21. The van der Waals surface area contributed by atoms with Crippen LogP contribution in [0.3, 0.4) is 0 Å². The number of aromatic nitrogens is 2. The molecule has 2 fully saturated rings. The second kappa shape index (κ2) is 10.5. The highest BCUT2D eigenvalue weighted by Crippen LogP contribution is 2.27. The van der Waals surface area contributed by atoms with E-state index in [1.165, 1.54) is 0 Å². The van der Waals surface area contributed by atoms with Crippen LogP contribution in [0.15, 0.2) is 28.8 Å². The maximum atomic E-state index is 12.9. The van der Waals surface area contributed by atoms with Crippen LogP contribution in [0.4, 0.5) is 0 Å². The summed E-state index contributed by atoms with van der Waals surface area (Å²) in [4.78, 5) is 19.2. The molecule has 2 aromatic rings. The molecular formula is C23H28N4O4. The Balaban J connectivity index is 1.28. The molecular weight excluding hydrogens is 396 g/mol. The molecule has 1 amide bonds. The topological polar surface area (TPSA) is 101 Å². The van der Waals surface area contributed by atoms with Crippen molar-refractivity contribution in [2.45, 2.75) is 38.0 Å². The maximum Gasteiger partial charge on any atom is 0.253 e. The summed E-state index contributed by atoms with van der Waals surface area (Å²) in [6.45, 7) is 4.20. The van der Waals surface area contributed by atoms with Crippen molar-refractivity contribution in [1.29, 1.82) is 5.26 Å². The fraction of sp³-hybridized carbons (Fsp3) is 0.565. The predicted octanol–water partition coefficient (Wildman–Crippen LogP) is 2.95. The Morgan fingerprint density at radius 1 is 1.29 bits per heavy atom. The molecule has 2 aliphatic heterocycles. The molecule has 0 spiro atoms. The third-order valence-electron chi connectivity index (χ3n) is 5.94. The number of rotatable bonds is 7. The van der Waals surface area contributed by atoms with Gasteiger partial charge in [-0.2, -0.15) is 10.2 Å². The monoisotopic (exact) mass is 424 g/mol. The third-order valence-corrected chi connectivity index (χ3v) is 5.94. The Labute approximate surface area is 182 Å². The molecule has 0 saturated carbocycles. The van der Waals surface area contributed by atoms with Crippen molar-refractivity contribution < 1.29 is 18.8 Å². The highest BCUT2D eigenvalue weighted by atomic mass is 16.5. The van der Waals surface area contributed by atoms with E-state index in [4.69, 9.17) is 19.3 Å². The van der Waals surface area contributed by atoms with Crippen LogP contribution in [0.25, 0.3) is 0 Å². The van der Waals surface area contributed by atoms with Gasteiger partial charge in [0, 0.05) is 44.9 Å². The molecule has 0 radical (unpaired) electrons. The molecule has 0 N–H and O–H groups in total. The van der Waals surface area contributed by atoms with E-state index < -0.39 is 0 Å². The number of carbonyl (C=O) groups excluding carboxylic acids is 1. The van der Waals surface area contributed by atoms with Crippen LogP contribution in [0, 0.1) is 17.2 Å². The quantitative estimate of drug-likeness (QED) is 0.630. The van der Waals surface area contributed by atoms with Crippen molar-refractivity contribution >= 4 is 5.91 Å². The van der Waals surface area contributed by atoms with Crippen LogP contribution in [0.2, 0.25) is 0 Å². The third kappa shape index (κ3) is 5.69. The lowest BCUT2D eigenvalue weighted by Gasteiger charge is -2.31. The average Bonchev–Trinajstić information content (AvgIpc) is 3.31. The van der Waals surface area contributed by atoms with Crippen LogP contribution in [-0.2, 0) is 15.9 Å². The van der Waals surface area contributed by atoms with Crippen LogP contribution < -0.4 is 0 Å². The number of ether oxygens (including phenoxy) is 2. The first-order valence-electron chi connectivity index (χ1n) is 11.0. The van der Waals surface area contributed by atoms with E-state index in [-0.39, 0.29) is 11.8 Å². The minimum Gasteiger partial charge on any atom is -0.381 e. The van der Waals surface area contributed by atoms with Gasteiger partial charge in [-0.1, -0.05) is 11.2 Å². The molecule has 2 saturated heterocycles. The minimum atomic E-state index is -0.0666. The van der Waals surface area contributed by atoms with E-state index in [1.54, 1.807) is 24.3 Å². The van der Waals surface area contributed by atoms with Crippen molar-refractivity contribution in [2.24, 2.45) is 5.92 Å². The fourth-order valence-corrected chi connectivity index (χ4v) is 4.13. The lowest BCUT2D eigenvalue weighted by Crippen LogP contribution is -2.39. The molecule has 1 aromatic heterocycles. The largest absolute Gasteiger partial charge is 0.381 e. The molecule has 2 aliphatic rings. The highest BCUT2D eigenvalue weighted by molar-refractivity contribution is 5.94. The first kappa shape index (κ1) is 21.5. The molecule has 1 atom stereocenters. The Bertz CT molecular complexity index is 916. The molecule has 1 unspecified atom stereocenters. The maximum absolute atomic E-state index is 12.9. The first-order chi connectivity index (χ1) is 15.2. The van der Waals surface area contributed by atoms with Gasteiger partial charge >= 0.3 is 0 Å². The van der Waals surface area contributed by atoms with Crippen LogP contribution >= 0.6 is 0 Å². The lowest BCUT2D eigenvalue weighted by molar-refractivity contribution is 0.0211. The normalized spacial score (nSPS) is 19.8. The van der Waals surface area contributed by atoms with Gasteiger partial charge in [-0.15, -0.1) is 0 Å². The van der Waals surface area contributed by atoms with E-state index in [0.717, 1.165) is 45.5 Å². The molecule has 8 nitrogen and oxygen atoms in total. The van der Waals surface area contributed by atoms with E-state index in [0.29, 0.717) is 54.9 Å². The Morgan fingerprint density at radius 3 is 3.00 bits per heavy atom. The second-order valence-electron chi connectivity index (χ2n) is 8.21. The molecule has 8 heteroatoms. The first-order valence-corrected chi connectivity index (χ1v) is 11.0. The van der Waals surface area contributed by atoms with Crippen LogP contribution in [0.1, 0.15) is 59.2 Å². The zero-order valence-corrected chi connectivity index (χ0v) is 17.7. The Morgan fingerprint density at radius 2 is 2.16 bits per heavy atom. The van der Waals surface area contributed by atoms with Crippen molar-refractivity contribution in [2.75, 3.05) is 39.5 Å². The minimum absolute atomic E-state index is 0.0289. The number of amides is 1. The molecule has 3 heterocycles. The van der Waals surface area contributed by atoms with Gasteiger partial charge in [0.2, 0.25) is 5.89 Å².